The van der Waals surface area contributed by atoms with Crippen molar-refractivity contribution in [2.45, 2.75) is 26.3 Å². The van der Waals surface area contributed by atoms with Gasteiger partial charge in [0.2, 0.25) is 0 Å². The fraction of sp³-hybridized carbons (Fsp3) is 0.471. The number of likely N-dealkylation sites (N-methyl/N-ethyl adjacent to an activating group) is 1. The van der Waals surface area contributed by atoms with Crippen LogP contribution in [0.4, 0.5) is 0 Å². The molecule has 0 aliphatic heterocycles. The number of nitrogens with one attached hydrogen (secondary N) is 1. The lowest BCUT2D eigenvalue weighted by Gasteiger charge is -2.32. The number of benzene rings is 1. The molecule has 1 amide bonds. The molecule has 0 fully saturated rings. The summed E-state index contributed by atoms with van der Waals surface area (Å²) in [7, 11) is 4.00. The van der Waals surface area contributed by atoms with Crippen molar-refractivity contribution in [3.05, 3.63) is 34.9 Å². The second-order valence-corrected chi connectivity index (χ2v) is 5.93. The van der Waals surface area contributed by atoms with E-state index in [9.17, 15) is 4.79 Å². The van der Waals surface area contributed by atoms with Gasteiger partial charge in [0.15, 0.2) is 0 Å². The molecule has 0 aliphatic carbocycles. The van der Waals surface area contributed by atoms with Gasteiger partial charge in [-0.05, 0) is 58.6 Å². The van der Waals surface area contributed by atoms with E-state index >= 15 is 0 Å². The monoisotopic (exact) mass is 287 g/mol. The molecule has 0 saturated carbocycles. The molecule has 0 atom stereocenters. The SMILES string of the molecule is Cc1cc(C(=O)NCC(C)(C)N(C)C)ccc1C#CCN. The first kappa shape index (κ1) is 17.2. The van der Waals surface area contributed by atoms with Crippen LogP contribution in [0.2, 0.25) is 0 Å². The van der Waals surface area contributed by atoms with E-state index in [0.29, 0.717) is 18.7 Å². The Morgan fingerprint density at radius 3 is 2.57 bits per heavy atom. The molecule has 0 heterocycles. The molecule has 0 unspecified atom stereocenters. The lowest BCUT2D eigenvalue weighted by Crippen LogP contribution is -2.48. The van der Waals surface area contributed by atoms with Gasteiger partial charge in [-0.25, -0.2) is 0 Å². The van der Waals surface area contributed by atoms with Crippen LogP contribution in [0.1, 0.15) is 35.3 Å². The van der Waals surface area contributed by atoms with Gasteiger partial charge in [0.25, 0.3) is 5.91 Å². The van der Waals surface area contributed by atoms with E-state index in [1.807, 2.05) is 33.2 Å². The lowest BCUT2D eigenvalue weighted by atomic mass is 10.0. The molecular formula is C17H25N3O. The number of rotatable bonds is 4. The van der Waals surface area contributed by atoms with E-state index in [-0.39, 0.29) is 11.4 Å². The fourth-order valence-electron chi connectivity index (χ4n) is 1.65. The summed E-state index contributed by atoms with van der Waals surface area (Å²) >= 11 is 0. The zero-order valence-corrected chi connectivity index (χ0v) is 13.6. The molecule has 3 N–H and O–H groups in total. The van der Waals surface area contributed by atoms with Gasteiger partial charge in [0, 0.05) is 23.2 Å². The minimum atomic E-state index is -0.0861. The maximum atomic E-state index is 12.2. The van der Waals surface area contributed by atoms with Crippen LogP contribution in [0.25, 0.3) is 0 Å². The van der Waals surface area contributed by atoms with Gasteiger partial charge in [-0.3, -0.25) is 4.79 Å². The Labute approximate surface area is 127 Å². The molecule has 0 spiro atoms. The van der Waals surface area contributed by atoms with Gasteiger partial charge in [-0.1, -0.05) is 11.8 Å². The van der Waals surface area contributed by atoms with Crippen LogP contribution in [-0.4, -0.2) is 43.5 Å². The van der Waals surface area contributed by atoms with Crippen molar-refractivity contribution < 1.29 is 4.79 Å². The second-order valence-electron chi connectivity index (χ2n) is 5.93. The molecular weight excluding hydrogens is 262 g/mol. The summed E-state index contributed by atoms with van der Waals surface area (Å²) in [4.78, 5) is 14.3. The van der Waals surface area contributed by atoms with Crippen LogP contribution < -0.4 is 11.1 Å². The summed E-state index contributed by atoms with van der Waals surface area (Å²) < 4.78 is 0. The average molecular weight is 287 g/mol. The van der Waals surface area contributed by atoms with E-state index in [0.717, 1.165) is 11.1 Å². The highest BCUT2D eigenvalue weighted by atomic mass is 16.1. The number of amides is 1. The topological polar surface area (TPSA) is 58.4 Å². The number of carbonyl (C=O) groups is 1. The lowest BCUT2D eigenvalue weighted by molar-refractivity contribution is 0.0919. The number of aryl methyl sites for hydroxylation is 1. The Morgan fingerprint density at radius 1 is 1.38 bits per heavy atom. The van der Waals surface area contributed by atoms with Crippen molar-refractivity contribution in [3.8, 4) is 11.8 Å². The van der Waals surface area contributed by atoms with Crippen molar-refractivity contribution in [1.82, 2.24) is 10.2 Å². The van der Waals surface area contributed by atoms with Gasteiger partial charge in [0.1, 0.15) is 0 Å². The van der Waals surface area contributed by atoms with Gasteiger partial charge >= 0.3 is 0 Å². The minimum Gasteiger partial charge on any atom is -0.350 e. The number of nitrogens with zero attached hydrogens (tertiary/aromatic N) is 1. The molecule has 0 aliphatic rings. The van der Waals surface area contributed by atoms with Gasteiger partial charge in [0.05, 0.1) is 6.54 Å². The van der Waals surface area contributed by atoms with Gasteiger partial charge in [-0.2, -0.15) is 0 Å². The third-order valence-electron chi connectivity index (χ3n) is 3.71. The number of nitrogens with two attached hydrogens (primary N) is 1. The van der Waals surface area contributed by atoms with E-state index in [1.54, 1.807) is 6.07 Å². The van der Waals surface area contributed by atoms with Crippen LogP contribution in [0, 0.1) is 18.8 Å². The van der Waals surface area contributed by atoms with Gasteiger partial charge < -0.3 is 16.0 Å². The first-order valence-electron chi connectivity index (χ1n) is 7.03. The summed E-state index contributed by atoms with van der Waals surface area (Å²) in [5.41, 5.74) is 7.82. The Balaban J connectivity index is 2.78. The van der Waals surface area contributed by atoms with Crippen LogP contribution in [0.3, 0.4) is 0 Å². The normalized spacial score (nSPS) is 11.0. The van der Waals surface area contributed by atoms with Crippen molar-refractivity contribution in [2.75, 3.05) is 27.2 Å². The highest BCUT2D eigenvalue weighted by Gasteiger charge is 2.21. The predicted octanol–water partition coefficient (Wildman–Crippen LogP) is 1.38. The van der Waals surface area contributed by atoms with Crippen molar-refractivity contribution in [1.29, 1.82) is 0 Å². The summed E-state index contributed by atoms with van der Waals surface area (Å²) in [6.45, 7) is 7.04. The molecule has 4 heteroatoms. The van der Waals surface area contributed by atoms with E-state index in [4.69, 9.17) is 5.73 Å². The Hall–Kier alpha value is -1.83. The number of carbonyl (C=O) groups excluding carboxylic acids is 1. The van der Waals surface area contributed by atoms with Crippen LogP contribution in [0.5, 0.6) is 0 Å². The Morgan fingerprint density at radius 2 is 2.05 bits per heavy atom. The predicted molar refractivity (Wildman–Crippen MR) is 87.2 cm³/mol. The van der Waals surface area contributed by atoms with Crippen molar-refractivity contribution >= 4 is 5.91 Å². The van der Waals surface area contributed by atoms with Crippen LogP contribution >= 0.6 is 0 Å². The molecule has 0 bridgehead atoms. The van der Waals surface area contributed by atoms with Crippen molar-refractivity contribution in [3.63, 3.8) is 0 Å². The summed E-state index contributed by atoms with van der Waals surface area (Å²) in [6.07, 6.45) is 0. The maximum Gasteiger partial charge on any atom is 0.251 e. The summed E-state index contributed by atoms with van der Waals surface area (Å²) in [5.74, 6) is 5.76. The van der Waals surface area contributed by atoms with E-state index in [2.05, 4.69) is 35.9 Å². The quantitative estimate of drug-likeness (QED) is 0.823. The molecule has 21 heavy (non-hydrogen) atoms. The van der Waals surface area contributed by atoms with Crippen LogP contribution in [-0.2, 0) is 0 Å². The number of hydrogen-bond donors (Lipinski definition) is 2. The average Bonchev–Trinajstić information content (AvgIpc) is 2.43. The fourth-order valence-corrected chi connectivity index (χ4v) is 1.65. The van der Waals surface area contributed by atoms with Gasteiger partial charge in [-0.15, -0.1) is 0 Å². The van der Waals surface area contributed by atoms with Crippen molar-refractivity contribution in [2.24, 2.45) is 5.73 Å². The Bertz CT molecular complexity index is 565. The maximum absolute atomic E-state index is 12.2. The molecule has 1 rings (SSSR count). The van der Waals surface area contributed by atoms with E-state index < -0.39 is 0 Å². The highest BCUT2D eigenvalue weighted by molar-refractivity contribution is 5.94. The third kappa shape index (κ3) is 4.89. The molecule has 4 nitrogen and oxygen atoms in total. The Kier molecular flexibility index (Phi) is 5.95. The van der Waals surface area contributed by atoms with E-state index in [1.165, 1.54) is 0 Å². The smallest absolute Gasteiger partial charge is 0.251 e. The minimum absolute atomic E-state index is 0.0636. The molecule has 1 aromatic rings. The molecule has 114 valence electrons. The molecule has 0 aromatic heterocycles. The zero-order valence-electron chi connectivity index (χ0n) is 13.6. The first-order chi connectivity index (χ1) is 9.77. The van der Waals surface area contributed by atoms with Crippen LogP contribution in [0.15, 0.2) is 18.2 Å². The third-order valence-corrected chi connectivity index (χ3v) is 3.71. The standard InChI is InChI=1S/C17H25N3O/c1-13-11-15(9-8-14(13)7-6-10-18)16(21)19-12-17(2,3)20(4)5/h8-9,11H,10,12,18H2,1-5H3,(H,19,21). The molecule has 0 radical (unpaired) electrons. The molecule has 1 aromatic carbocycles. The largest absolute Gasteiger partial charge is 0.350 e. The summed E-state index contributed by atoms with van der Waals surface area (Å²) in [5, 5.41) is 2.97. The number of hydrogen-bond acceptors (Lipinski definition) is 3. The summed E-state index contributed by atoms with van der Waals surface area (Å²) in [6, 6.07) is 5.52. The highest BCUT2D eigenvalue weighted by Crippen LogP contribution is 2.12. The second kappa shape index (κ2) is 7.26. The molecule has 0 saturated heterocycles. The zero-order chi connectivity index (χ0) is 16.0. The first-order valence-corrected chi connectivity index (χ1v) is 7.03.